The number of ether oxygens (including phenoxy) is 1. The minimum absolute atomic E-state index is 0.215. The van der Waals surface area contributed by atoms with Crippen molar-refractivity contribution in [1.29, 1.82) is 0 Å². The molecule has 1 N–H and O–H groups in total. The predicted octanol–water partition coefficient (Wildman–Crippen LogP) is 6.00. The Balaban J connectivity index is 1.70. The minimum Gasteiger partial charge on any atom is -0.402 e. The van der Waals surface area contributed by atoms with E-state index in [1.54, 1.807) is 0 Å². The number of hydrogen-bond acceptors (Lipinski definition) is 4. The average molecular weight is 625 g/mol. The Kier molecular flexibility index (Phi) is 9.52. The zero-order valence-corrected chi connectivity index (χ0v) is 29.2. The van der Waals surface area contributed by atoms with Gasteiger partial charge in [0.2, 0.25) is 0 Å². The molecule has 0 saturated carbocycles. The van der Waals surface area contributed by atoms with Crippen molar-refractivity contribution in [2.45, 2.75) is 89.6 Å². The quantitative estimate of drug-likeness (QED) is 0.244. The van der Waals surface area contributed by atoms with Crippen LogP contribution in [-0.4, -0.2) is 46.3 Å². The van der Waals surface area contributed by atoms with Crippen LogP contribution in [0.3, 0.4) is 0 Å². The Morgan fingerprint density at radius 2 is 0.886 bits per heavy atom. The summed E-state index contributed by atoms with van der Waals surface area (Å²) >= 11 is 0. The first-order chi connectivity index (χ1) is 20.9. The second kappa shape index (κ2) is 12.9. The third-order valence-electron chi connectivity index (χ3n) is 9.11. The molecule has 0 amide bonds. The fraction of sp³-hybridized carbons (Fsp3) is 0.368. The summed E-state index contributed by atoms with van der Waals surface area (Å²) in [6, 6.07) is 42.8. The molecule has 1 unspecified atom stereocenters. The molecule has 4 nitrogen and oxygen atoms in total. The lowest BCUT2D eigenvalue weighted by atomic mass is 10.0. The van der Waals surface area contributed by atoms with Crippen LogP contribution in [0.25, 0.3) is 0 Å². The van der Waals surface area contributed by atoms with E-state index in [0.29, 0.717) is 6.42 Å². The monoisotopic (exact) mass is 624 g/mol. The van der Waals surface area contributed by atoms with Gasteiger partial charge < -0.3 is 18.7 Å². The van der Waals surface area contributed by atoms with Gasteiger partial charge in [0.1, 0.15) is 0 Å². The lowest BCUT2D eigenvalue weighted by molar-refractivity contribution is -0.219. The summed E-state index contributed by atoms with van der Waals surface area (Å²) in [5.74, 6) is 0. The lowest BCUT2D eigenvalue weighted by Gasteiger charge is -2.52. The lowest BCUT2D eigenvalue weighted by Crippen LogP contribution is -2.73. The number of hydrogen-bond donors (Lipinski definition) is 1. The van der Waals surface area contributed by atoms with Crippen molar-refractivity contribution in [2.75, 3.05) is 0 Å². The van der Waals surface area contributed by atoms with Crippen molar-refractivity contribution in [3.05, 3.63) is 121 Å². The first kappa shape index (κ1) is 32.5. The van der Waals surface area contributed by atoms with E-state index in [-0.39, 0.29) is 16.2 Å². The van der Waals surface area contributed by atoms with Gasteiger partial charge >= 0.3 is 0 Å². The molecule has 0 aromatic heterocycles. The zero-order chi connectivity index (χ0) is 31.6. The normalized spacial score (nSPS) is 21.6. The Hall–Kier alpha value is -2.85. The minimum atomic E-state index is -2.95. The molecule has 4 aromatic rings. The smallest absolute Gasteiger partial charge is 0.261 e. The molecular weight excluding hydrogens is 577 g/mol. The molecule has 1 aliphatic rings. The number of rotatable bonds is 8. The third kappa shape index (κ3) is 6.04. The van der Waals surface area contributed by atoms with Crippen LogP contribution in [0.1, 0.15) is 54.9 Å². The predicted molar refractivity (Wildman–Crippen MR) is 186 cm³/mol. The number of aliphatic hydroxyl groups is 1. The molecular formula is C38H48O4Si2. The Labute approximate surface area is 266 Å². The maximum atomic E-state index is 11.1. The molecule has 1 heterocycles. The molecule has 4 aromatic carbocycles. The van der Waals surface area contributed by atoms with Crippen LogP contribution in [0.5, 0.6) is 0 Å². The third-order valence-corrected chi connectivity index (χ3v) is 19.2. The highest BCUT2D eigenvalue weighted by Crippen LogP contribution is 2.43. The Bertz CT molecular complexity index is 1390. The second-order valence-corrected chi connectivity index (χ2v) is 22.6. The van der Waals surface area contributed by atoms with Crippen LogP contribution in [0.2, 0.25) is 10.1 Å². The van der Waals surface area contributed by atoms with E-state index in [2.05, 4.69) is 163 Å². The molecule has 232 valence electrons. The number of benzene rings is 4. The van der Waals surface area contributed by atoms with E-state index in [4.69, 9.17) is 13.6 Å². The van der Waals surface area contributed by atoms with Gasteiger partial charge in [-0.15, -0.1) is 0 Å². The molecule has 0 bridgehead atoms. The van der Waals surface area contributed by atoms with Crippen LogP contribution in [0, 0.1) is 0 Å². The zero-order valence-electron chi connectivity index (χ0n) is 27.2. The summed E-state index contributed by atoms with van der Waals surface area (Å²) in [6.45, 7) is 15.8. The van der Waals surface area contributed by atoms with Gasteiger partial charge in [-0.05, 0) is 37.7 Å². The fourth-order valence-corrected chi connectivity index (χ4v) is 16.6. The summed E-state index contributed by atoms with van der Waals surface area (Å²) in [4.78, 5) is 0. The molecule has 4 atom stereocenters. The summed E-state index contributed by atoms with van der Waals surface area (Å²) in [7, 11) is -5.90. The summed E-state index contributed by atoms with van der Waals surface area (Å²) in [6.07, 6.45) is -1.80. The van der Waals surface area contributed by atoms with Crippen molar-refractivity contribution in [3.8, 4) is 0 Å². The van der Waals surface area contributed by atoms with Gasteiger partial charge in [0.25, 0.3) is 16.6 Å². The molecule has 0 spiro atoms. The first-order valence-corrected chi connectivity index (χ1v) is 19.6. The summed E-state index contributed by atoms with van der Waals surface area (Å²) in [5.41, 5.74) is 0. The van der Waals surface area contributed by atoms with Crippen molar-refractivity contribution in [3.63, 3.8) is 0 Å². The van der Waals surface area contributed by atoms with Gasteiger partial charge in [0.05, 0.1) is 18.3 Å². The second-order valence-electron chi connectivity index (χ2n) is 14.1. The Morgan fingerprint density at radius 3 is 1.20 bits per heavy atom. The SMILES string of the molecule is C[C@H]1OC(O)C[C@@H](O[Si](c2ccccc2)(c2ccccc2)C(C)(C)C)[C@@H]1O[Si](c1ccccc1)(c1ccccc1)C(C)(C)C. The topological polar surface area (TPSA) is 47.9 Å². The van der Waals surface area contributed by atoms with Gasteiger partial charge in [-0.1, -0.05) is 163 Å². The highest BCUT2D eigenvalue weighted by Gasteiger charge is 2.57. The van der Waals surface area contributed by atoms with Gasteiger partial charge in [-0.25, -0.2) is 0 Å². The van der Waals surface area contributed by atoms with E-state index < -0.39 is 35.1 Å². The first-order valence-electron chi connectivity index (χ1n) is 15.8. The molecule has 44 heavy (non-hydrogen) atoms. The molecule has 0 aliphatic carbocycles. The summed E-state index contributed by atoms with van der Waals surface area (Å²) < 4.78 is 21.6. The fourth-order valence-electron chi connectivity index (χ4n) is 7.12. The summed E-state index contributed by atoms with van der Waals surface area (Å²) in [5, 5.41) is 15.5. The van der Waals surface area contributed by atoms with Gasteiger partial charge in [0, 0.05) is 6.42 Å². The molecule has 0 radical (unpaired) electrons. The van der Waals surface area contributed by atoms with Gasteiger partial charge in [-0.2, -0.15) is 0 Å². The van der Waals surface area contributed by atoms with Crippen molar-refractivity contribution in [2.24, 2.45) is 0 Å². The highest BCUT2D eigenvalue weighted by molar-refractivity contribution is 7.00. The maximum Gasteiger partial charge on any atom is 0.261 e. The van der Waals surface area contributed by atoms with Crippen molar-refractivity contribution >= 4 is 37.4 Å². The van der Waals surface area contributed by atoms with Crippen LogP contribution >= 0.6 is 0 Å². The van der Waals surface area contributed by atoms with Crippen LogP contribution in [0.15, 0.2) is 121 Å². The average Bonchev–Trinajstić information content (AvgIpc) is 3.00. The Morgan fingerprint density at radius 1 is 0.568 bits per heavy atom. The largest absolute Gasteiger partial charge is 0.402 e. The maximum absolute atomic E-state index is 11.1. The molecule has 1 saturated heterocycles. The standard InChI is InChI=1S/C38H48O4Si2/c1-29-36(42-44(38(5,6)7,32-24-16-10-17-25-32)33-26-18-11-19-27-33)34(28-35(39)40-29)41-43(37(2,3)4,30-20-12-8-13-21-30)31-22-14-9-15-23-31/h8-27,29,34-36,39H,28H2,1-7H3/t29-,34-,35?,36-/m1/s1. The molecule has 5 rings (SSSR count). The number of aliphatic hydroxyl groups excluding tert-OH is 1. The van der Waals surface area contributed by atoms with E-state index in [1.165, 1.54) is 20.7 Å². The van der Waals surface area contributed by atoms with E-state index in [9.17, 15) is 5.11 Å². The van der Waals surface area contributed by atoms with Crippen LogP contribution < -0.4 is 20.7 Å². The van der Waals surface area contributed by atoms with E-state index in [1.807, 2.05) is 6.92 Å². The molecule has 1 fully saturated rings. The molecule has 1 aliphatic heterocycles. The van der Waals surface area contributed by atoms with E-state index >= 15 is 0 Å². The molecule has 6 heteroatoms. The van der Waals surface area contributed by atoms with Crippen LogP contribution in [-0.2, 0) is 13.6 Å². The van der Waals surface area contributed by atoms with Crippen LogP contribution in [0.4, 0.5) is 0 Å². The van der Waals surface area contributed by atoms with E-state index in [0.717, 1.165) is 0 Å². The van der Waals surface area contributed by atoms with Gasteiger partial charge in [0.15, 0.2) is 6.29 Å². The van der Waals surface area contributed by atoms with Gasteiger partial charge in [-0.3, -0.25) is 0 Å². The van der Waals surface area contributed by atoms with Crippen molar-refractivity contribution < 1.29 is 18.7 Å². The highest BCUT2D eigenvalue weighted by atomic mass is 28.4. The van der Waals surface area contributed by atoms with Crippen molar-refractivity contribution in [1.82, 2.24) is 0 Å².